The Labute approximate surface area is 157 Å². The first-order valence-electron chi connectivity index (χ1n) is 9.03. The quantitative estimate of drug-likeness (QED) is 0.763. The fourth-order valence-electron chi connectivity index (χ4n) is 3.35. The van der Waals surface area contributed by atoms with E-state index in [0.29, 0.717) is 12.2 Å². The maximum Gasteiger partial charge on any atom is 0.273 e. The van der Waals surface area contributed by atoms with Crippen LogP contribution in [0.3, 0.4) is 0 Å². The molecule has 0 spiro atoms. The van der Waals surface area contributed by atoms with E-state index in [2.05, 4.69) is 15.6 Å². The highest BCUT2D eigenvalue weighted by atomic mass is 16.5. The van der Waals surface area contributed by atoms with E-state index in [0.717, 1.165) is 23.4 Å². The lowest BCUT2D eigenvalue weighted by Gasteiger charge is -2.37. The molecular formula is C20H22N4O3. The van der Waals surface area contributed by atoms with Crippen LogP contribution in [0, 0.1) is 0 Å². The zero-order chi connectivity index (χ0) is 19.0. The third-order valence-corrected chi connectivity index (χ3v) is 4.67. The molecule has 7 heteroatoms. The molecule has 0 bridgehead atoms. The number of hydrogen-bond acceptors (Lipinski definition) is 5. The molecule has 1 N–H and O–H groups in total. The van der Waals surface area contributed by atoms with Gasteiger partial charge in [0.1, 0.15) is 11.4 Å². The van der Waals surface area contributed by atoms with Crippen molar-refractivity contribution in [2.24, 2.45) is 0 Å². The SMILES string of the molecule is CCn1cc(-c2cc(C(=O)N[C@@H]3CC(C)(C)Oc4ccccc43)no2)cn1. The predicted octanol–water partition coefficient (Wildman–Crippen LogP) is 3.59. The van der Waals surface area contributed by atoms with E-state index in [9.17, 15) is 4.79 Å². The molecule has 0 unspecified atom stereocenters. The zero-order valence-corrected chi connectivity index (χ0v) is 15.6. The number of nitrogens with zero attached hydrogens (tertiary/aromatic N) is 3. The standard InChI is InChI=1S/C20H22N4O3/c1-4-24-12-13(11-21-24)18-9-15(23-27-18)19(25)22-16-10-20(2,3)26-17-8-6-5-7-14(16)17/h5-9,11-12,16H,4,10H2,1-3H3,(H,22,25)/t16-/m1/s1. The molecule has 4 rings (SSSR count). The van der Waals surface area contributed by atoms with Crippen LogP contribution in [0.1, 0.15) is 49.3 Å². The van der Waals surface area contributed by atoms with Crippen LogP contribution in [-0.2, 0) is 6.54 Å². The zero-order valence-electron chi connectivity index (χ0n) is 15.6. The van der Waals surface area contributed by atoms with E-state index in [1.165, 1.54) is 0 Å². The lowest BCUT2D eigenvalue weighted by atomic mass is 9.89. The van der Waals surface area contributed by atoms with Gasteiger partial charge in [-0.3, -0.25) is 9.48 Å². The summed E-state index contributed by atoms with van der Waals surface area (Å²) in [5.74, 6) is 1.05. The molecule has 1 aromatic carbocycles. The smallest absolute Gasteiger partial charge is 0.273 e. The maximum atomic E-state index is 12.7. The van der Waals surface area contributed by atoms with Crippen LogP contribution in [0.5, 0.6) is 5.75 Å². The van der Waals surface area contributed by atoms with Crippen molar-refractivity contribution in [3.05, 3.63) is 54.0 Å². The topological polar surface area (TPSA) is 82.2 Å². The van der Waals surface area contributed by atoms with E-state index in [1.807, 2.05) is 51.2 Å². The first kappa shape index (κ1) is 17.3. The molecule has 1 aliphatic rings. The van der Waals surface area contributed by atoms with Crippen molar-refractivity contribution < 1.29 is 14.1 Å². The molecule has 1 amide bonds. The van der Waals surface area contributed by atoms with Gasteiger partial charge in [-0.1, -0.05) is 23.4 Å². The van der Waals surface area contributed by atoms with Gasteiger partial charge in [0.05, 0.1) is 17.8 Å². The number of carbonyl (C=O) groups is 1. The summed E-state index contributed by atoms with van der Waals surface area (Å²) in [6.45, 7) is 6.80. The summed E-state index contributed by atoms with van der Waals surface area (Å²) in [4.78, 5) is 12.7. The molecule has 3 heterocycles. The Bertz CT molecular complexity index is 973. The number of aromatic nitrogens is 3. The summed E-state index contributed by atoms with van der Waals surface area (Å²) in [6, 6.07) is 9.26. The van der Waals surface area contributed by atoms with Gasteiger partial charge < -0.3 is 14.6 Å². The molecule has 0 radical (unpaired) electrons. The highest BCUT2D eigenvalue weighted by molar-refractivity contribution is 5.93. The summed E-state index contributed by atoms with van der Waals surface area (Å²) in [5, 5.41) is 11.2. The Morgan fingerprint density at radius 3 is 2.96 bits per heavy atom. The predicted molar refractivity (Wildman–Crippen MR) is 99.4 cm³/mol. The minimum absolute atomic E-state index is 0.152. The van der Waals surface area contributed by atoms with Gasteiger partial charge in [0.25, 0.3) is 5.91 Å². The van der Waals surface area contributed by atoms with E-state index >= 15 is 0 Å². The molecule has 7 nitrogen and oxygen atoms in total. The van der Waals surface area contributed by atoms with E-state index in [-0.39, 0.29) is 23.2 Å². The molecule has 3 aromatic rings. The van der Waals surface area contributed by atoms with Crippen molar-refractivity contribution in [1.82, 2.24) is 20.3 Å². The summed E-state index contributed by atoms with van der Waals surface area (Å²) in [5.41, 5.74) is 1.64. The monoisotopic (exact) mass is 366 g/mol. The molecule has 0 aliphatic carbocycles. The third-order valence-electron chi connectivity index (χ3n) is 4.67. The average Bonchev–Trinajstić information content (AvgIpc) is 3.30. The van der Waals surface area contributed by atoms with Crippen molar-refractivity contribution in [3.8, 4) is 17.1 Å². The van der Waals surface area contributed by atoms with Crippen molar-refractivity contribution in [1.29, 1.82) is 0 Å². The van der Waals surface area contributed by atoms with Crippen LogP contribution >= 0.6 is 0 Å². The van der Waals surface area contributed by atoms with Crippen molar-refractivity contribution in [2.75, 3.05) is 0 Å². The van der Waals surface area contributed by atoms with Crippen LogP contribution in [0.25, 0.3) is 11.3 Å². The number of ether oxygens (including phenoxy) is 1. The van der Waals surface area contributed by atoms with Gasteiger partial charge in [-0.05, 0) is 26.8 Å². The second-order valence-corrected chi connectivity index (χ2v) is 7.29. The molecule has 1 aliphatic heterocycles. The Morgan fingerprint density at radius 2 is 2.19 bits per heavy atom. The molecule has 2 aromatic heterocycles. The van der Waals surface area contributed by atoms with Gasteiger partial charge in [0.2, 0.25) is 0 Å². The maximum absolute atomic E-state index is 12.7. The minimum atomic E-state index is -0.365. The Kier molecular flexibility index (Phi) is 4.22. The number of aryl methyl sites for hydroxylation is 1. The highest BCUT2D eigenvalue weighted by Gasteiger charge is 2.34. The summed E-state index contributed by atoms with van der Waals surface area (Å²) in [7, 11) is 0. The molecule has 0 saturated heterocycles. The number of para-hydroxylation sites is 1. The van der Waals surface area contributed by atoms with Gasteiger partial charge in [-0.15, -0.1) is 0 Å². The number of rotatable bonds is 4. The van der Waals surface area contributed by atoms with E-state index < -0.39 is 0 Å². The van der Waals surface area contributed by atoms with Gasteiger partial charge >= 0.3 is 0 Å². The van der Waals surface area contributed by atoms with E-state index in [4.69, 9.17) is 9.26 Å². The van der Waals surface area contributed by atoms with Gasteiger partial charge in [-0.25, -0.2) is 0 Å². The van der Waals surface area contributed by atoms with Crippen molar-refractivity contribution in [3.63, 3.8) is 0 Å². The van der Waals surface area contributed by atoms with Crippen LogP contribution in [0.4, 0.5) is 0 Å². The average molecular weight is 366 g/mol. The second kappa shape index (κ2) is 6.57. The van der Waals surface area contributed by atoms with Crippen molar-refractivity contribution >= 4 is 5.91 Å². The summed E-state index contributed by atoms with van der Waals surface area (Å²) >= 11 is 0. The Balaban J connectivity index is 1.54. The van der Waals surface area contributed by atoms with Gasteiger partial charge in [0, 0.05) is 30.8 Å². The lowest BCUT2D eigenvalue weighted by Crippen LogP contribution is -2.41. The third kappa shape index (κ3) is 3.45. The van der Waals surface area contributed by atoms with Crippen LogP contribution < -0.4 is 10.1 Å². The second-order valence-electron chi connectivity index (χ2n) is 7.29. The van der Waals surface area contributed by atoms with Gasteiger partial charge in [0.15, 0.2) is 11.5 Å². The number of amides is 1. The molecule has 1 atom stereocenters. The number of fused-ring (bicyclic) bond motifs is 1. The largest absolute Gasteiger partial charge is 0.487 e. The Hall–Kier alpha value is -3.09. The fourth-order valence-corrected chi connectivity index (χ4v) is 3.35. The first-order chi connectivity index (χ1) is 12.9. The van der Waals surface area contributed by atoms with E-state index in [1.54, 1.807) is 16.9 Å². The molecular weight excluding hydrogens is 344 g/mol. The molecule has 0 saturated carbocycles. The lowest BCUT2D eigenvalue weighted by molar-refractivity contribution is 0.0617. The van der Waals surface area contributed by atoms with Gasteiger partial charge in [-0.2, -0.15) is 5.10 Å². The fraction of sp³-hybridized carbons (Fsp3) is 0.350. The van der Waals surface area contributed by atoms with Crippen LogP contribution in [-0.4, -0.2) is 26.4 Å². The number of benzene rings is 1. The summed E-state index contributed by atoms with van der Waals surface area (Å²) in [6.07, 6.45) is 4.23. The highest BCUT2D eigenvalue weighted by Crippen LogP contribution is 2.39. The summed E-state index contributed by atoms with van der Waals surface area (Å²) < 4.78 is 13.1. The molecule has 140 valence electrons. The number of hydrogen-bond donors (Lipinski definition) is 1. The number of nitrogens with one attached hydrogen (secondary N) is 1. The minimum Gasteiger partial charge on any atom is -0.487 e. The van der Waals surface area contributed by atoms with Crippen molar-refractivity contribution in [2.45, 2.75) is 45.4 Å². The normalized spacial score (nSPS) is 17.8. The Morgan fingerprint density at radius 1 is 1.37 bits per heavy atom. The molecule has 27 heavy (non-hydrogen) atoms. The first-order valence-corrected chi connectivity index (χ1v) is 9.03. The number of carbonyl (C=O) groups excluding carboxylic acids is 1. The van der Waals surface area contributed by atoms with Crippen LogP contribution in [0.2, 0.25) is 0 Å². The molecule has 0 fully saturated rings. The van der Waals surface area contributed by atoms with Crippen LogP contribution in [0.15, 0.2) is 47.2 Å².